The molecule has 2 aromatic heterocycles. The van der Waals surface area contributed by atoms with Crippen LogP contribution in [0.3, 0.4) is 0 Å². The predicted molar refractivity (Wildman–Crippen MR) is 127 cm³/mol. The van der Waals surface area contributed by atoms with E-state index in [2.05, 4.69) is 43.8 Å². The Labute approximate surface area is 197 Å². The van der Waals surface area contributed by atoms with E-state index in [1.165, 1.54) is 37.4 Å². The van der Waals surface area contributed by atoms with Crippen molar-refractivity contribution >= 4 is 35.0 Å². The van der Waals surface area contributed by atoms with Gasteiger partial charge in [0.15, 0.2) is 11.0 Å². The molecule has 3 amide bonds. The highest BCUT2D eigenvalue weighted by atomic mass is 32.2. The van der Waals surface area contributed by atoms with Crippen LogP contribution in [0, 0.1) is 17.8 Å². The quantitative estimate of drug-likeness (QED) is 0.561. The van der Waals surface area contributed by atoms with Gasteiger partial charge in [0, 0.05) is 12.1 Å². The number of thiophene rings is 1. The van der Waals surface area contributed by atoms with Gasteiger partial charge in [-0.25, -0.2) is 4.79 Å². The molecule has 4 atom stereocenters. The predicted octanol–water partition coefficient (Wildman–Crippen LogP) is 4.86. The zero-order valence-electron chi connectivity index (χ0n) is 18.5. The second-order valence-electron chi connectivity index (χ2n) is 9.52. The average Bonchev–Trinajstić information content (AvgIpc) is 3.58. The van der Waals surface area contributed by atoms with Gasteiger partial charge in [0.2, 0.25) is 5.91 Å². The molecule has 2 bridgehead atoms. The maximum atomic E-state index is 12.4. The van der Waals surface area contributed by atoms with Gasteiger partial charge in [-0.15, -0.1) is 21.5 Å². The summed E-state index contributed by atoms with van der Waals surface area (Å²) in [7, 11) is 0. The Bertz CT molecular complexity index is 954. The Morgan fingerprint density at radius 1 is 1.22 bits per heavy atom. The number of imide groups is 1. The fourth-order valence-corrected chi connectivity index (χ4v) is 7.51. The summed E-state index contributed by atoms with van der Waals surface area (Å²) < 4.78 is 2.24. The van der Waals surface area contributed by atoms with E-state index in [4.69, 9.17) is 0 Å². The van der Waals surface area contributed by atoms with Crippen molar-refractivity contribution in [1.29, 1.82) is 0 Å². The number of aromatic nitrogens is 3. The zero-order chi connectivity index (χ0) is 22.1. The van der Waals surface area contributed by atoms with E-state index in [1.807, 2.05) is 6.07 Å². The number of nitrogens with zero attached hydrogens (tertiary/aromatic N) is 3. The summed E-state index contributed by atoms with van der Waals surface area (Å²) in [5.74, 6) is 3.02. The summed E-state index contributed by atoms with van der Waals surface area (Å²) in [6, 6.07) is 4.19. The van der Waals surface area contributed by atoms with Crippen LogP contribution in [0.4, 0.5) is 4.79 Å². The molecule has 5 rings (SSSR count). The Morgan fingerprint density at radius 2 is 2.06 bits per heavy atom. The zero-order valence-corrected chi connectivity index (χ0v) is 20.1. The molecular formula is C23H31N5O2S2. The van der Waals surface area contributed by atoms with Crippen LogP contribution in [-0.4, -0.2) is 38.5 Å². The normalized spacial score (nSPS) is 25.8. The maximum Gasteiger partial charge on any atom is 0.321 e. The summed E-state index contributed by atoms with van der Waals surface area (Å²) in [5, 5.41) is 17.2. The summed E-state index contributed by atoms with van der Waals surface area (Å²) in [6.07, 6.45) is 9.59. The highest BCUT2D eigenvalue weighted by molar-refractivity contribution is 7.99. The molecule has 2 aromatic rings. The lowest BCUT2D eigenvalue weighted by molar-refractivity contribution is -0.117. The van der Waals surface area contributed by atoms with Crippen LogP contribution in [0.15, 0.2) is 22.7 Å². The van der Waals surface area contributed by atoms with Crippen molar-refractivity contribution in [2.75, 3.05) is 5.75 Å². The standard InChI is InChI=1S/C23H31N5O2S2/c1-14(18-12-15-8-9-16(18)11-15)28-21(19-7-4-10-31-19)26-27-23(28)32-13-20(29)25-22(30)24-17-5-2-3-6-17/h4,7,10,14-18H,2-3,5-6,8-9,11-13H2,1H3,(H2,24,25,29,30). The lowest BCUT2D eigenvalue weighted by Crippen LogP contribution is -2.44. The molecule has 0 aliphatic heterocycles. The summed E-state index contributed by atoms with van der Waals surface area (Å²) in [6.45, 7) is 2.28. The lowest BCUT2D eigenvalue weighted by Gasteiger charge is -2.30. The fourth-order valence-electron chi connectivity index (χ4n) is 5.98. The molecule has 3 fully saturated rings. The van der Waals surface area contributed by atoms with E-state index in [0.717, 1.165) is 53.4 Å². The summed E-state index contributed by atoms with van der Waals surface area (Å²) in [4.78, 5) is 25.6. The van der Waals surface area contributed by atoms with Gasteiger partial charge in [0.25, 0.3) is 0 Å². The van der Waals surface area contributed by atoms with Crippen molar-refractivity contribution in [2.45, 2.75) is 75.5 Å². The molecule has 0 radical (unpaired) electrons. The molecule has 4 unspecified atom stereocenters. The first-order chi connectivity index (χ1) is 15.6. The SMILES string of the molecule is CC(C1CC2CCC1C2)n1c(SCC(=O)NC(=O)NC2CCCC2)nnc1-c1cccs1. The monoisotopic (exact) mass is 473 g/mol. The van der Waals surface area contributed by atoms with Gasteiger partial charge in [-0.1, -0.05) is 37.1 Å². The number of hydrogen-bond donors (Lipinski definition) is 2. The minimum atomic E-state index is -0.390. The van der Waals surface area contributed by atoms with Gasteiger partial charge in [0.05, 0.1) is 10.6 Å². The van der Waals surface area contributed by atoms with E-state index >= 15 is 0 Å². The van der Waals surface area contributed by atoms with Gasteiger partial charge in [-0.05, 0) is 68.2 Å². The first-order valence-electron chi connectivity index (χ1n) is 11.8. The number of hydrogen-bond acceptors (Lipinski definition) is 6. The van der Waals surface area contributed by atoms with Gasteiger partial charge < -0.3 is 5.32 Å². The molecular weight excluding hydrogens is 442 g/mol. The Kier molecular flexibility index (Phi) is 6.55. The summed E-state index contributed by atoms with van der Waals surface area (Å²) in [5.41, 5.74) is 0. The number of carbonyl (C=O) groups excluding carboxylic acids is 2. The number of nitrogens with one attached hydrogen (secondary N) is 2. The second-order valence-corrected chi connectivity index (χ2v) is 11.4. The molecule has 3 aliphatic rings. The molecule has 3 saturated carbocycles. The molecule has 32 heavy (non-hydrogen) atoms. The van der Waals surface area contributed by atoms with E-state index in [1.54, 1.807) is 11.3 Å². The van der Waals surface area contributed by atoms with Crippen molar-refractivity contribution in [2.24, 2.45) is 17.8 Å². The van der Waals surface area contributed by atoms with Crippen LogP contribution in [0.25, 0.3) is 10.7 Å². The van der Waals surface area contributed by atoms with Crippen LogP contribution in [0.5, 0.6) is 0 Å². The minimum Gasteiger partial charge on any atom is -0.335 e. The Morgan fingerprint density at radius 3 is 2.75 bits per heavy atom. The van der Waals surface area contributed by atoms with Crippen molar-refractivity contribution in [3.8, 4) is 10.7 Å². The van der Waals surface area contributed by atoms with Crippen LogP contribution in [0.2, 0.25) is 0 Å². The van der Waals surface area contributed by atoms with Gasteiger partial charge >= 0.3 is 6.03 Å². The third kappa shape index (κ3) is 4.59. The second kappa shape index (κ2) is 9.55. The van der Waals surface area contributed by atoms with E-state index in [-0.39, 0.29) is 23.7 Å². The van der Waals surface area contributed by atoms with Crippen molar-refractivity contribution in [1.82, 2.24) is 25.4 Å². The number of rotatable bonds is 7. The van der Waals surface area contributed by atoms with Crippen molar-refractivity contribution < 1.29 is 9.59 Å². The molecule has 9 heteroatoms. The molecule has 2 N–H and O–H groups in total. The third-order valence-corrected chi connectivity index (χ3v) is 9.31. The molecule has 0 aromatic carbocycles. The molecule has 2 heterocycles. The van der Waals surface area contributed by atoms with Gasteiger partial charge in [0.1, 0.15) is 0 Å². The van der Waals surface area contributed by atoms with Crippen LogP contribution < -0.4 is 10.6 Å². The number of carbonyl (C=O) groups is 2. The fraction of sp³-hybridized carbons (Fsp3) is 0.652. The van der Waals surface area contributed by atoms with E-state index < -0.39 is 6.03 Å². The highest BCUT2D eigenvalue weighted by Gasteiger charge is 2.43. The van der Waals surface area contributed by atoms with Crippen LogP contribution >= 0.6 is 23.1 Å². The Balaban J connectivity index is 1.27. The lowest BCUT2D eigenvalue weighted by atomic mass is 9.84. The highest BCUT2D eigenvalue weighted by Crippen LogP contribution is 2.53. The van der Waals surface area contributed by atoms with Crippen molar-refractivity contribution in [3.63, 3.8) is 0 Å². The largest absolute Gasteiger partial charge is 0.335 e. The minimum absolute atomic E-state index is 0.143. The van der Waals surface area contributed by atoms with Gasteiger partial charge in [-0.2, -0.15) is 0 Å². The van der Waals surface area contributed by atoms with E-state index in [0.29, 0.717) is 5.92 Å². The van der Waals surface area contributed by atoms with Crippen LogP contribution in [-0.2, 0) is 4.79 Å². The smallest absolute Gasteiger partial charge is 0.321 e. The molecule has 7 nitrogen and oxygen atoms in total. The molecule has 172 valence electrons. The topological polar surface area (TPSA) is 88.9 Å². The first-order valence-corrected chi connectivity index (χ1v) is 13.7. The molecule has 0 spiro atoms. The number of fused-ring (bicyclic) bond motifs is 2. The van der Waals surface area contributed by atoms with Crippen molar-refractivity contribution in [3.05, 3.63) is 17.5 Å². The van der Waals surface area contributed by atoms with E-state index in [9.17, 15) is 9.59 Å². The third-order valence-electron chi connectivity index (χ3n) is 7.50. The van der Waals surface area contributed by atoms with Gasteiger partial charge in [-0.3, -0.25) is 14.7 Å². The number of thioether (sulfide) groups is 1. The average molecular weight is 474 g/mol. The number of amides is 3. The maximum absolute atomic E-state index is 12.4. The number of urea groups is 1. The summed E-state index contributed by atoms with van der Waals surface area (Å²) >= 11 is 3.03. The molecule has 0 saturated heterocycles. The Hall–Kier alpha value is -1.87. The molecule has 3 aliphatic carbocycles. The van der Waals surface area contributed by atoms with Crippen LogP contribution in [0.1, 0.15) is 64.3 Å². The first kappa shape index (κ1) is 21.9.